The molecule has 0 aliphatic rings. The van der Waals surface area contributed by atoms with Crippen molar-refractivity contribution < 1.29 is 0 Å². The molecule has 0 aliphatic heterocycles. The molecule has 0 saturated heterocycles. The average Bonchev–Trinajstić information content (AvgIpc) is 3.03. The number of fused-ring (bicyclic) bond motifs is 1. The summed E-state index contributed by atoms with van der Waals surface area (Å²) in [5.41, 5.74) is 2.96. The molecule has 0 aliphatic carbocycles. The molecular formula is C17H14N6. The molecular weight excluding hydrogens is 288 g/mol. The van der Waals surface area contributed by atoms with E-state index in [1.165, 1.54) is 0 Å². The van der Waals surface area contributed by atoms with Crippen molar-refractivity contribution in [2.45, 2.75) is 0 Å². The average molecular weight is 302 g/mol. The van der Waals surface area contributed by atoms with Gasteiger partial charge in [-0.3, -0.25) is 0 Å². The molecule has 0 bridgehead atoms. The maximum Gasteiger partial charge on any atom is 0.226 e. The van der Waals surface area contributed by atoms with Crippen LogP contribution in [0.5, 0.6) is 0 Å². The Kier molecular flexibility index (Phi) is 4.11. The number of nitrogens with zero attached hydrogens (tertiary/aromatic N) is 5. The summed E-state index contributed by atoms with van der Waals surface area (Å²) in [6.07, 6.45) is 1.70. The fourth-order valence-corrected chi connectivity index (χ4v) is 2.13. The van der Waals surface area contributed by atoms with Gasteiger partial charge in [0.2, 0.25) is 5.96 Å². The van der Waals surface area contributed by atoms with E-state index in [-0.39, 0.29) is 0 Å². The molecule has 0 atom stereocenters. The number of benzene rings is 2. The van der Waals surface area contributed by atoms with Crippen LogP contribution in [0.2, 0.25) is 0 Å². The number of rotatable bonds is 3. The van der Waals surface area contributed by atoms with Crippen LogP contribution in [0.4, 0.5) is 5.69 Å². The Bertz CT molecular complexity index is 916. The van der Waals surface area contributed by atoms with Crippen molar-refractivity contribution >= 4 is 22.7 Å². The molecule has 2 aromatic carbocycles. The molecule has 0 radical (unpaired) electrons. The highest BCUT2D eigenvalue weighted by atomic mass is 15.5. The highest BCUT2D eigenvalue weighted by Gasteiger charge is 2.10. The fraction of sp³-hybridized carbons (Fsp3) is 0.0588. The van der Waals surface area contributed by atoms with Gasteiger partial charge < -0.3 is 5.32 Å². The summed E-state index contributed by atoms with van der Waals surface area (Å²) in [7, 11) is 0. The largest absolute Gasteiger partial charge is 0.324 e. The number of anilines is 1. The Hall–Kier alpha value is -3.46. The van der Waals surface area contributed by atoms with E-state index in [0.717, 1.165) is 16.7 Å². The Morgan fingerprint density at radius 1 is 1.30 bits per heavy atom. The zero-order valence-corrected chi connectivity index (χ0v) is 12.3. The van der Waals surface area contributed by atoms with Crippen molar-refractivity contribution in [2.75, 3.05) is 11.9 Å². The van der Waals surface area contributed by atoms with Crippen LogP contribution in [0.15, 0.2) is 66.2 Å². The molecule has 3 rings (SSSR count). The molecule has 23 heavy (non-hydrogen) atoms. The second kappa shape index (κ2) is 6.54. The van der Waals surface area contributed by atoms with Crippen LogP contribution in [-0.2, 0) is 0 Å². The van der Waals surface area contributed by atoms with Crippen LogP contribution in [0, 0.1) is 11.3 Å². The van der Waals surface area contributed by atoms with Crippen molar-refractivity contribution in [1.82, 2.24) is 15.0 Å². The van der Waals surface area contributed by atoms with Crippen molar-refractivity contribution in [3.8, 4) is 6.07 Å². The molecule has 1 aromatic heterocycles. The molecule has 3 aromatic rings. The number of para-hydroxylation sites is 1. The molecule has 0 spiro atoms. The molecule has 0 unspecified atom stereocenters. The van der Waals surface area contributed by atoms with Crippen molar-refractivity contribution in [3.63, 3.8) is 0 Å². The van der Waals surface area contributed by atoms with Gasteiger partial charge in [-0.15, -0.1) is 11.7 Å². The Morgan fingerprint density at radius 2 is 2.17 bits per heavy atom. The zero-order valence-electron chi connectivity index (χ0n) is 12.3. The molecule has 1 N–H and O–H groups in total. The topological polar surface area (TPSA) is 78.9 Å². The van der Waals surface area contributed by atoms with Gasteiger partial charge in [0.15, 0.2) is 0 Å². The van der Waals surface area contributed by atoms with Crippen LogP contribution in [-0.4, -0.2) is 27.5 Å². The highest BCUT2D eigenvalue weighted by Crippen LogP contribution is 2.13. The van der Waals surface area contributed by atoms with Crippen molar-refractivity contribution in [2.24, 2.45) is 4.99 Å². The van der Waals surface area contributed by atoms with Gasteiger partial charge in [0.05, 0.1) is 23.7 Å². The van der Waals surface area contributed by atoms with E-state index >= 15 is 0 Å². The molecule has 6 nitrogen and oxygen atoms in total. The summed E-state index contributed by atoms with van der Waals surface area (Å²) in [5, 5.41) is 20.5. The first kappa shape index (κ1) is 14.5. The Morgan fingerprint density at radius 3 is 3.00 bits per heavy atom. The summed E-state index contributed by atoms with van der Waals surface area (Å²) in [6.45, 7) is 4.13. The van der Waals surface area contributed by atoms with Gasteiger partial charge in [-0.05, 0) is 30.3 Å². The zero-order chi connectivity index (χ0) is 16.1. The minimum atomic E-state index is 0.439. The summed E-state index contributed by atoms with van der Waals surface area (Å²) >= 11 is 0. The third-order valence-electron chi connectivity index (χ3n) is 3.17. The van der Waals surface area contributed by atoms with Gasteiger partial charge in [0.25, 0.3) is 0 Å². The lowest BCUT2D eigenvalue weighted by Gasteiger charge is -2.10. The fourth-order valence-electron chi connectivity index (χ4n) is 2.13. The van der Waals surface area contributed by atoms with E-state index in [2.05, 4.69) is 33.3 Å². The first-order chi connectivity index (χ1) is 11.3. The van der Waals surface area contributed by atoms with E-state index in [1.54, 1.807) is 22.9 Å². The SMILES string of the molecule is C=CCN=C(Nc1cccc(C#N)c1)n1nnc2ccccc21. The molecule has 112 valence electrons. The maximum atomic E-state index is 9.01. The van der Waals surface area contributed by atoms with Gasteiger partial charge in [-0.1, -0.05) is 29.5 Å². The number of hydrogen-bond acceptors (Lipinski definition) is 4. The first-order valence-electron chi connectivity index (χ1n) is 7.05. The van der Waals surface area contributed by atoms with Gasteiger partial charge >= 0.3 is 0 Å². The van der Waals surface area contributed by atoms with E-state index < -0.39 is 0 Å². The minimum Gasteiger partial charge on any atom is -0.324 e. The molecule has 1 heterocycles. The van der Waals surface area contributed by atoms with Crippen molar-refractivity contribution in [3.05, 3.63) is 66.7 Å². The minimum absolute atomic E-state index is 0.439. The van der Waals surface area contributed by atoms with Crippen LogP contribution >= 0.6 is 0 Å². The number of nitriles is 1. The monoisotopic (exact) mass is 302 g/mol. The molecule has 0 saturated carbocycles. The molecule has 0 amide bonds. The predicted octanol–water partition coefficient (Wildman–Crippen LogP) is 2.81. The lowest BCUT2D eigenvalue weighted by atomic mass is 10.2. The predicted molar refractivity (Wildman–Crippen MR) is 90.2 cm³/mol. The van der Waals surface area contributed by atoms with Crippen LogP contribution in [0.25, 0.3) is 11.0 Å². The normalized spacial score (nSPS) is 11.2. The van der Waals surface area contributed by atoms with Crippen LogP contribution in [0.3, 0.4) is 0 Å². The van der Waals surface area contributed by atoms with Gasteiger partial charge in [-0.2, -0.15) is 9.94 Å². The third-order valence-corrected chi connectivity index (χ3v) is 3.17. The quantitative estimate of drug-likeness (QED) is 0.458. The first-order valence-corrected chi connectivity index (χ1v) is 7.05. The standard InChI is InChI=1S/C17H14N6/c1-2-10-19-17(20-14-7-5-6-13(11-14)12-18)23-16-9-4-3-8-15(16)21-22-23/h2-9,11H,1,10H2,(H,19,20). The summed E-state index contributed by atoms with van der Waals surface area (Å²) in [5.74, 6) is 0.522. The van der Waals surface area contributed by atoms with E-state index in [1.807, 2.05) is 36.4 Å². The second-order valence-corrected chi connectivity index (χ2v) is 4.76. The number of aromatic nitrogens is 3. The second-order valence-electron chi connectivity index (χ2n) is 4.76. The smallest absolute Gasteiger partial charge is 0.226 e. The Balaban J connectivity index is 2.01. The van der Waals surface area contributed by atoms with Crippen LogP contribution < -0.4 is 5.32 Å². The van der Waals surface area contributed by atoms with E-state index in [4.69, 9.17) is 5.26 Å². The Labute approximate surface area is 133 Å². The number of aliphatic imine (C=N–C) groups is 1. The summed E-state index contributed by atoms with van der Waals surface area (Å²) < 4.78 is 1.64. The van der Waals surface area contributed by atoms with Gasteiger partial charge in [0, 0.05) is 5.69 Å². The lowest BCUT2D eigenvalue weighted by molar-refractivity contribution is 0.854. The molecule has 0 fully saturated rings. The van der Waals surface area contributed by atoms with E-state index in [9.17, 15) is 0 Å². The molecule has 6 heteroatoms. The number of hydrogen-bond donors (Lipinski definition) is 1. The van der Waals surface area contributed by atoms with Gasteiger partial charge in [0.1, 0.15) is 5.52 Å². The van der Waals surface area contributed by atoms with Gasteiger partial charge in [-0.25, -0.2) is 4.99 Å². The third kappa shape index (κ3) is 3.09. The highest BCUT2D eigenvalue weighted by molar-refractivity contribution is 5.99. The number of nitrogens with one attached hydrogen (secondary N) is 1. The lowest BCUT2D eigenvalue weighted by Crippen LogP contribution is -2.23. The van der Waals surface area contributed by atoms with Crippen molar-refractivity contribution in [1.29, 1.82) is 5.26 Å². The summed E-state index contributed by atoms with van der Waals surface area (Å²) in [4.78, 5) is 4.45. The van der Waals surface area contributed by atoms with E-state index in [0.29, 0.717) is 18.1 Å². The van der Waals surface area contributed by atoms with Crippen LogP contribution in [0.1, 0.15) is 5.56 Å². The maximum absolute atomic E-state index is 9.01. The summed E-state index contributed by atoms with van der Waals surface area (Å²) in [6, 6.07) is 16.9.